The van der Waals surface area contributed by atoms with Crippen LogP contribution in [-0.4, -0.2) is 53.7 Å². The Bertz CT molecular complexity index is 866. The normalized spacial score (nSPS) is 17.5. The highest BCUT2D eigenvalue weighted by molar-refractivity contribution is 6.08. The summed E-state index contributed by atoms with van der Waals surface area (Å²) in [5.41, 5.74) is -0.203. The first-order valence-corrected chi connectivity index (χ1v) is 9.79. The van der Waals surface area contributed by atoms with Gasteiger partial charge in [-0.1, -0.05) is 19.9 Å². The molecular formula is C20H25N3O7. The first-order chi connectivity index (χ1) is 14.3. The molecule has 1 atom stereocenters. The van der Waals surface area contributed by atoms with E-state index in [9.17, 15) is 19.2 Å². The van der Waals surface area contributed by atoms with Crippen LogP contribution in [0.1, 0.15) is 39.2 Å². The number of carbonyl (C=O) groups is 4. The third-order valence-corrected chi connectivity index (χ3v) is 5.32. The molecule has 1 aromatic carbocycles. The van der Waals surface area contributed by atoms with Crippen LogP contribution in [-0.2, 0) is 25.7 Å². The van der Waals surface area contributed by atoms with Gasteiger partial charge in [-0.15, -0.1) is 0 Å². The molecule has 0 radical (unpaired) electrons. The molecule has 1 saturated heterocycles. The lowest BCUT2D eigenvalue weighted by Crippen LogP contribution is -2.46. The minimum Gasteiger partial charge on any atom is -0.454 e. The molecule has 2 N–H and O–H groups in total. The standard InChI is InChI=1S/C20H25N3O7/c1-4-20(5-2)18(26)23(19(27)22-20)10-16(24)30-12(3)17(25)21-9-13-6-7-14-15(8-13)29-11-28-14/h6-8,12H,4-5,9-11H2,1-3H3,(H,21,25)(H,22,27)/t12-/m0/s1. The van der Waals surface area contributed by atoms with Gasteiger partial charge in [0.2, 0.25) is 6.79 Å². The summed E-state index contributed by atoms with van der Waals surface area (Å²) in [6, 6.07) is 4.65. The van der Waals surface area contributed by atoms with E-state index in [0.717, 1.165) is 10.5 Å². The molecule has 0 unspecified atom stereocenters. The van der Waals surface area contributed by atoms with Crippen molar-refractivity contribution in [2.45, 2.75) is 51.8 Å². The molecule has 0 aliphatic carbocycles. The molecule has 162 valence electrons. The maximum Gasteiger partial charge on any atom is 0.327 e. The Morgan fingerprint density at radius 2 is 1.93 bits per heavy atom. The maximum absolute atomic E-state index is 12.5. The molecule has 1 aromatic rings. The molecule has 10 heteroatoms. The van der Waals surface area contributed by atoms with Crippen LogP contribution in [0.2, 0.25) is 0 Å². The second-order valence-corrected chi connectivity index (χ2v) is 7.15. The van der Waals surface area contributed by atoms with Gasteiger partial charge in [0, 0.05) is 6.54 Å². The second kappa shape index (κ2) is 8.60. The van der Waals surface area contributed by atoms with Crippen LogP contribution in [0, 0.1) is 0 Å². The molecule has 0 aromatic heterocycles. The summed E-state index contributed by atoms with van der Waals surface area (Å²) in [5, 5.41) is 5.30. The molecule has 3 rings (SSSR count). The van der Waals surface area contributed by atoms with Crippen LogP contribution in [0.5, 0.6) is 11.5 Å². The highest BCUT2D eigenvalue weighted by Gasteiger charge is 2.49. The summed E-state index contributed by atoms with van der Waals surface area (Å²) in [6.45, 7) is 4.81. The zero-order valence-electron chi connectivity index (χ0n) is 17.1. The fourth-order valence-corrected chi connectivity index (χ4v) is 3.35. The molecule has 2 heterocycles. The van der Waals surface area contributed by atoms with Crippen molar-refractivity contribution in [2.75, 3.05) is 13.3 Å². The van der Waals surface area contributed by atoms with Gasteiger partial charge in [-0.25, -0.2) is 4.79 Å². The van der Waals surface area contributed by atoms with Gasteiger partial charge in [0.15, 0.2) is 17.6 Å². The van der Waals surface area contributed by atoms with E-state index in [2.05, 4.69) is 10.6 Å². The van der Waals surface area contributed by atoms with Gasteiger partial charge in [-0.05, 0) is 37.5 Å². The number of urea groups is 1. The number of rotatable bonds is 8. The second-order valence-electron chi connectivity index (χ2n) is 7.15. The Labute approximate surface area is 173 Å². The first kappa shape index (κ1) is 21.4. The molecule has 10 nitrogen and oxygen atoms in total. The number of imide groups is 1. The Balaban J connectivity index is 1.49. The van der Waals surface area contributed by atoms with E-state index >= 15 is 0 Å². The monoisotopic (exact) mass is 419 g/mol. The molecule has 30 heavy (non-hydrogen) atoms. The number of amides is 4. The quantitative estimate of drug-likeness (QED) is 0.477. The van der Waals surface area contributed by atoms with Gasteiger partial charge < -0.3 is 24.8 Å². The van der Waals surface area contributed by atoms with Crippen molar-refractivity contribution in [1.82, 2.24) is 15.5 Å². The Morgan fingerprint density at radius 1 is 1.23 bits per heavy atom. The first-order valence-electron chi connectivity index (χ1n) is 9.79. The van der Waals surface area contributed by atoms with Crippen LogP contribution in [0.4, 0.5) is 4.79 Å². The number of benzene rings is 1. The zero-order valence-corrected chi connectivity index (χ0v) is 17.1. The summed E-state index contributed by atoms with van der Waals surface area (Å²) in [4.78, 5) is 49.9. The lowest BCUT2D eigenvalue weighted by Gasteiger charge is -2.23. The number of hydrogen-bond acceptors (Lipinski definition) is 7. The average Bonchev–Trinajstić information content (AvgIpc) is 3.29. The van der Waals surface area contributed by atoms with Gasteiger partial charge in [0.25, 0.3) is 11.8 Å². The Hall–Kier alpha value is -3.30. The van der Waals surface area contributed by atoms with Crippen molar-refractivity contribution < 1.29 is 33.4 Å². The fraction of sp³-hybridized carbons (Fsp3) is 0.500. The molecule has 0 spiro atoms. The number of ether oxygens (including phenoxy) is 3. The number of nitrogens with zero attached hydrogens (tertiary/aromatic N) is 1. The van der Waals surface area contributed by atoms with Crippen LogP contribution in [0.25, 0.3) is 0 Å². The van der Waals surface area contributed by atoms with E-state index in [1.165, 1.54) is 6.92 Å². The van der Waals surface area contributed by atoms with Gasteiger partial charge in [0.05, 0.1) is 0 Å². The highest BCUT2D eigenvalue weighted by atomic mass is 16.7. The summed E-state index contributed by atoms with van der Waals surface area (Å²) in [6.07, 6.45) is -0.259. The lowest BCUT2D eigenvalue weighted by molar-refractivity contribution is -0.156. The van der Waals surface area contributed by atoms with Gasteiger partial charge in [-0.3, -0.25) is 19.3 Å². The SMILES string of the molecule is CCC1(CC)NC(=O)N(CC(=O)O[C@@H](C)C(=O)NCc2ccc3c(c2)OCO3)C1=O. The van der Waals surface area contributed by atoms with Crippen molar-refractivity contribution in [3.63, 3.8) is 0 Å². The minimum atomic E-state index is -1.09. The predicted molar refractivity (Wildman–Crippen MR) is 104 cm³/mol. The minimum absolute atomic E-state index is 0.160. The number of hydrogen-bond donors (Lipinski definition) is 2. The van der Waals surface area contributed by atoms with E-state index in [1.54, 1.807) is 32.0 Å². The van der Waals surface area contributed by atoms with Crippen molar-refractivity contribution >= 4 is 23.8 Å². The van der Waals surface area contributed by atoms with Gasteiger partial charge >= 0.3 is 12.0 Å². The maximum atomic E-state index is 12.5. The average molecular weight is 419 g/mol. The van der Waals surface area contributed by atoms with Crippen LogP contribution < -0.4 is 20.1 Å². The third kappa shape index (κ3) is 4.17. The molecular weight excluding hydrogens is 394 g/mol. The fourth-order valence-electron chi connectivity index (χ4n) is 3.35. The van der Waals surface area contributed by atoms with Gasteiger partial charge in [0.1, 0.15) is 12.1 Å². The molecule has 0 saturated carbocycles. The summed E-state index contributed by atoms with van der Waals surface area (Å²) in [7, 11) is 0. The largest absolute Gasteiger partial charge is 0.454 e. The van der Waals surface area contributed by atoms with Crippen molar-refractivity contribution in [3.05, 3.63) is 23.8 Å². The summed E-state index contributed by atoms with van der Waals surface area (Å²) >= 11 is 0. The van der Waals surface area contributed by atoms with E-state index < -0.39 is 42.0 Å². The number of fused-ring (bicyclic) bond motifs is 1. The van der Waals surface area contributed by atoms with E-state index in [4.69, 9.17) is 14.2 Å². The van der Waals surface area contributed by atoms with Gasteiger partial charge in [-0.2, -0.15) is 0 Å². The van der Waals surface area contributed by atoms with E-state index in [1.807, 2.05) is 0 Å². The predicted octanol–water partition coefficient (Wildman–Crippen LogP) is 1.07. The van der Waals surface area contributed by atoms with Crippen LogP contribution in [0.15, 0.2) is 18.2 Å². The van der Waals surface area contributed by atoms with Crippen molar-refractivity contribution in [1.29, 1.82) is 0 Å². The molecule has 4 amide bonds. The number of esters is 1. The Morgan fingerprint density at radius 3 is 2.60 bits per heavy atom. The van der Waals surface area contributed by atoms with Crippen molar-refractivity contribution in [2.24, 2.45) is 0 Å². The highest BCUT2D eigenvalue weighted by Crippen LogP contribution is 2.32. The van der Waals surface area contributed by atoms with E-state index in [-0.39, 0.29) is 13.3 Å². The third-order valence-electron chi connectivity index (χ3n) is 5.32. The van der Waals surface area contributed by atoms with Crippen LogP contribution in [0.3, 0.4) is 0 Å². The number of nitrogens with one attached hydrogen (secondary N) is 2. The summed E-state index contributed by atoms with van der Waals surface area (Å²) < 4.78 is 15.6. The van der Waals surface area contributed by atoms with Crippen LogP contribution >= 0.6 is 0 Å². The smallest absolute Gasteiger partial charge is 0.327 e. The topological polar surface area (TPSA) is 123 Å². The molecule has 2 aliphatic heterocycles. The van der Waals surface area contributed by atoms with E-state index in [0.29, 0.717) is 24.3 Å². The zero-order chi connectivity index (χ0) is 21.9. The summed E-state index contributed by atoms with van der Waals surface area (Å²) in [5.74, 6) is -0.565. The Kier molecular flexibility index (Phi) is 6.14. The lowest BCUT2D eigenvalue weighted by atomic mass is 9.93. The van der Waals surface area contributed by atoms with Crippen molar-refractivity contribution in [3.8, 4) is 11.5 Å². The number of carbonyl (C=O) groups excluding carboxylic acids is 4. The molecule has 2 aliphatic rings. The molecule has 0 bridgehead atoms. The molecule has 1 fully saturated rings.